The monoisotopic (exact) mass is 316 g/mol. The third kappa shape index (κ3) is 3.97. The van der Waals surface area contributed by atoms with Crippen LogP contribution in [-0.2, 0) is 14.8 Å². The van der Waals surface area contributed by atoms with E-state index in [-0.39, 0.29) is 11.8 Å². The van der Waals surface area contributed by atoms with Gasteiger partial charge in [-0.2, -0.15) is 0 Å². The topological polar surface area (TPSA) is 57.7 Å². The smallest absolute Gasteiger partial charge is 0.225 e. The van der Waals surface area contributed by atoms with Crippen LogP contribution in [0, 0.1) is 11.8 Å². The molecule has 1 saturated carbocycles. The SMILES string of the molecule is CC1CCCCC1N(C)C(=O)C1CCN(S(C)(=O)=O)CC1. The van der Waals surface area contributed by atoms with Crippen LogP contribution in [0.4, 0.5) is 0 Å². The number of hydrogen-bond donors (Lipinski definition) is 0. The van der Waals surface area contributed by atoms with E-state index in [1.807, 2.05) is 11.9 Å². The highest BCUT2D eigenvalue weighted by Gasteiger charge is 2.34. The van der Waals surface area contributed by atoms with Crippen LogP contribution in [-0.4, -0.2) is 56.0 Å². The molecule has 1 aliphatic heterocycles. The molecule has 6 heteroatoms. The van der Waals surface area contributed by atoms with Gasteiger partial charge in [0.05, 0.1) is 6.26 Å². The normalized spacial score (nSPS) is 29.3. The van der Waals surface area contributed by atoms with Crippen LogP contribution in [0.25, 0.3) is 0 Å². The predicted octanol–water partition coefficient (Wildman–Crippen LogP) is 1.70. The highest BCUT2D eigenvalue weighted by Crippen LogP contribution is 2.29. The van der Waals surface area contributed by atoms with E-state index in [2.05, 4.69) is 6.92 Å². The van der Waals surface area contributed by atoms with E-state index in [0.29, 0.717) is 37.9 Å². The molecule has 0 aromatic carbocycles. The van der Waals surface area contributed by atoms with E-state index in [1.165, 1.54) is 29.8 Å². The lowest BCUT2D eigenvalue weighted by Gasteiger charge is -2.39. The molecule has 2 rings (SSSR count). The first-order chi connectivity index (χ1) is 9.80. The molecule has 0 aromatic heterocycles. The molecule has 122 valence electrons. The second-order valence-corrected chi connectivity index (χ2v) is 8.70. The first-order valence-electron chi connectivity index (χ1n) is 8.02. The highest BCUT2D eigenvalue weighted by atomic mass is 32.2. The number of sulfonamides is 1. The number of nitrogens with zero attached hydrogens (tertiary/aromatic N) is 2. The standard InChI is InChI=1S/C15H28N2O3S/c1-12-6-4-5-7-14(12)16(2)15(18)13-8-10-17(11-9-13)21(3,19)20/h12-14H,4-11H2,1-3H3. The maximum atomic E-state index is 12.7. The number of rotatable bonds is 3. The number of carbonyl (C=O) groups is 1. The van der Waals surface area contributed by atoms with Gasteiger partial charge in [-0.25, -0.2) is 12.7 Å². The van der Waals surface area contributed by atoms with Crippen LogP contribution in [0.3, 0.4) is 0 Å². The summed E-state index contributed by atoms with van der Waals surface area (Å²) in [6, 6.07) is 0.360. The lowest BCUT2D eigenvalue weighted by Crippen LogP contribution is -2.48. The zero-order chi connectivity index (χ0) is 15.6. The fourth-order valence-corrected chi connectivity index (χ4v) is 4.63. The van der Waals surface area contributed by atoms with Crippen molar-refractivity contribution in [3.05, 3.63) is 0 Å². The molecule has 2 aliphatic rings. The Morgan fingerprint density at radius 1 is 1.10 bits per heavy atom. The maximum Gasteiger partial charge on any atom is 0.225 e. The largest absolute Gasteiger partial charge is 0.342 e. The molecule has 2 atom stereocenters. The van der Waals surface area contributed by atoms with Crippen molar-refractivity contribution in [2.45, 2.75) is 51.5 Å². The van der Waals surface area contributed by atoms with Gasteiger partial charge in [0.1, 0.15) is 0 Å². The summed E-state index contributed by atoms with van der Waals surface area (Å²) in [5.41, 5.74) is 0. The van der Waals surface area contributed by atoms with E-state index in [4.69, 9.17) is 0 Å². The first kappa shape index (κ1) is 16.7. The van der Waals surface area contributed by atoms with Gasteiger partial charge in [0.2, 0.25) is 15.9 Å². The molecule has 0 radical (unpaired) electrons. The number of piperidine rings is 1. The quantitative estimate of drug-likeness (QED) is 0.796. The zero-order valence-electron chi connectivity index (χ0n) is 13.4. The summed E-state index contributed by atoms with van der Waals surface area (Å²) in [5, 5.41) is 0. The van der Waals surface area contributed by atoms with Crippen molar-refractivity contribution in [1.29, 1.82) is 0 Å². The van der Waals surface area contributed by atoms with Crippen LogP contribution >= 0.6 is 0 Å². The highest BCUT2D eigenvalue weighted by molar-refractivity contribution is 7.88. The van der Waals surface area contributed by atoms with Crippen molar-refractivity contribution < 1.29 is 13.2 Å². The van der Waals surface area contributed by atoms with Crippen molar-refractivity contribution in [3.63, 3.8) is 0 Å². The molecule has 0 aromatic rings. The summed E-state index contributed by atoms with van der Waals surface area (Å²) in [4.78, 5) is 14.6. The Balaban J connectivity index is 1.92. The second-order valence-electron chi connectivity index (χ2n) is 6.71. The Labute approximate surface area is 128 Å². The first-order valence-corrected chi connectivity index (χ1v) is 9.87. The minimum absolute atomic E-state index is 0.0119. The third-order valence-electron chi connectivity index (χ3n) is 5.18. The van der Waals surface area contributed by atoms with Crippen LogP contribution < -0.4 is 0 Å². The molecule has 21 heavy (non-hydrogen) atoms. The summed E-state index contributed by atoms with van der Waals surface area (Å²) in [5.74, 6) is 0.771. The average molecular weight is 316 g/mol. The van der Waals surface area contributed by atoms with Gasteiger partial charge in [-0.1, -0.05) is 19.8 Å². The molecule has 0 N–H and O–H groups in total. The summed E-state index contributed by atoms with van der Waals surface area (Å²) in [6.07, 6.45) is 7.33. The number of carbonyl (C=O) groups excluding carboxylic acids is 1. The van der Waals surface area contributed by atoms with E-state index in [1.54, 1.807) is 0 Å². The van der Waals surface area contributed by atoms with Gasteiger partial charge in [-0.05, 0) is 31.6 Å². The lowest BCUT2D eigenvalue weighted by molar-refractivity contribution is -0.139. The molecule has 1 amide bonds. The summed E-state index contributed by atoms with van der Waals surface area (Å²) in [6.45, 7) is 3.19. The Morgan fingerprint density at radius 2 is 1.67 bits per heavy atom. The fraction of sp³-hybridized carbons (Fsp3) is 0.933. The van der Waals surface area contributed by atoms with Crippen molar-refractivity contribution in [2.24, 2.45) is 11.8 Å². The van der Waals surface area contributed by atoms with Gasteiger partial charge in [-0.15, -0.1) is 0 Å². The lowest BCUT2D eigenvalue weighted by atomic mass is 9.84. The third-order valence-corrected chi connectivity index (χ3v) is 6.49. The van der Waals surface area contributed by atoms with Crippen molar-refractivity contribution in [1.82, 2.24) is 9.21 Å². The van der Waals surface area contributed by atoms with Crippen molar-refractivity contribution in [3.8, 4) is 0 Å². The molecule has 0 spiro atoms. The molecule has 0 bridgehead atoms. The van der Waals surface area contributed by atoms with Crippen molar-refractivity contribution >= 4 is 15.9 Å². The van der Waals surface area contributed by atoms with Gasteiger partial charge in [-0.3, -0.25) is 4.79 Å². The van der Waals surface area contributed by atoms with E-state index in [0.717, 1.165) is 6.42 Å². The maximum absolute atomic E-state index is 12.7. The van der Waals surface area contributed by atoms with Crippen LogP contribution in [0.1, 0.15) is 45.4 Å². The number of hydrogen-bond acceptors (Lipinski definition) is 3. The Hall–Kier alpha value is -0.620. The van der Waals surface area contributed by atoms with E-state index < -0.39 is 10.0 Å². The minimum atomic E-state index is -3.12. The number of amides is 1. The van der Waals surface area contributed by atoms with Gasteiger partial charge in [0, 0.05) is 32.1 Å². The molecule has 1 aliphatic carbocycles. The van der Waals surface area contributed by atoms with Crippen LogP contribution in [0.2, 0.25) is 0 Å². The van der Waals surface area contributed by atoms with E-state index in [9.17, 15) is 13.2 Å². The minimum Gasteiger partial charge on any atom is -0.342 e. The molecule has 1 saturated heterocycles. The summed E-state index contributed by atoms with van der Waals surface area (Å²) >= 11 is 0. The zero-order valence-corrected chi connectivity index (χ0v) is 14.2. The Kier molecular flexibility index (Phi) is 5.30. The van der Waals surface area contributed by atoms with Crippen molar-refractivity contribution in [2.75, 3.05) is 26.4 Å². The van der Waals surface area contributed by atoms with Gasteiger partial charge in [0.15, 0.2) is 0 Å². The van der Waals surface area contributed by atoms with Gasteiger partial charge >= 0.3 is 0 Å². The predicted molar refractivity (Wildman–Crippen MR) is 83.3 cm³/mol. The molecular formula is C15H28N2O3S. The average Bonchev–Trinajstić information content (AvgIpc) is 2.45. The Bertz CT molecular complexity index is 469. The molecule has 5 nitrogen and oxygen atoms in total. The van der Waals surface area contributed by atoms with E-state index >= 15 is 0 Å². The second kappa shape index (κ2) is 6.65. The molecular weight excluding hydrogens is 288 g/mol. The molecule has 2 fully saturated rings. The fourth-order valence-electron chi connectivity index (χ4n) is 3.76. The van der Waals surface area contributed by atoms with Gasteiger partial charge < -0.3 is 4.90 Å². The molecule has 1 heterocycles. The summed E-state index contributed by atoms with van der Waals surface area (Å²) < 4.78 is 24.5. The van der Waals surface area contributed by atoms with Gasteiger partial charge in [0.25, 0.3) is 0 Å². The molecule has 2 unspecified atom stereocenters. The summed E-state index contributed by atoms with van der Waals surface area (Å²) in [7, 11) is -1.19. The van der Waals surface area contributed by atoms with Crippen LogP contribution in [0.5, 0.6) is 0 Å². The van der Waals surface area contributed by atoms with Crippen LogP contribution in [0.15, 0.2) is 0 Å². The Morgan fingerprint density at radius 3 is 2.19 bits per heavy atom.